The summed E-state index contributed by atoms with van der Waals surface area (Å²) in [6.07, 6.45) is 5.26. The molecule has 132 valence electrons. The van der Waals surface area contributed by atoms with Gasteiger partial charge in [0.15, 0.2) is 5.65 Å². The minimum absolute atomic E-state index is 0.0327. The second-order valence-electron chi connectivity index (χ2n) is 6.60. The van der Waals surface area contributed by atoms with Crippen molar-refractivity contribution in [1.82, 2.24) is 30.0 Å². The van der Waals surface area contributed by atoms with Gasteiger partial charge in [0.05, 0.1) is 24.9 Å². The van der Waals surface area contributed by atoms with Crippen molar-refractivity contribution in [2.45, 2.75) is 18.9 Å². The van der Waals surface area contributed by atoms with Crippen molar-refractivity contribution in [2.75, 3.05) is 20.2 Å². The molecule has 8 heteroatoms. The third kappa shape index (κ3) is 2.26. The van der Waals surface area contributed by atoms with Crippen LogP contribution in [-0.2, 0) is 0 Å². The first kappa shape index (κ1) is 15.3. The molecule has 0 unspecified atom stereocenters. The number of carbonyl (C=O) groups is 1. The molecule has 5 rings (SSSR count). The molecule has 2 aromatic heterocycles. The van der Waals surface area contributed by atoms with Crippen molar-refractivity contribution in [3.63, 3.8) is 0 Å². The number of ether oxygens (including phenoxy) is 1. The Balaban J connectivity index is 1.51. The zero-order valence-electron chi connectivity index (χ0n) is 14.3. The standard InChI is InChI=1S/C18H18N6O2/c1-26-15-8-11(18(25)24-12-4-6-23(24)7-5-12)2-3-13(15)16-21-14-9-19-10-20-17(14)22-16/h2-3,8-10,12H,4-7H2,1H3,(H,19,20,21,22). The number of amides is 1. The molecule has 0 radical (unpaired) electrons. The number of hydrazine groups is 1. The predicted molar refractivity (Wildman–Crippen MR) is 94.4 cm³/mol. The summed E-state index contributed by atoms with van der Waals surface area (Å²) in [7, 11) is 1.60. The monoisotopic (exact) mass is 350 g/mol. The van der Waals surface area contributed by atoms with Gasteiger partial charge in [0.25, 0.3) is 5.91 Å². The molecule has 1 amide bonds. The summed E-state index contributed by atoms with van der Waals surface area (Å²) in [5.41, 5.74) is 2.76. The van der Waals surface area contributed by atoms with Crippen LogP contribution in [0.1, 0.15) is 23.2 Å². The first-order chi connectivity index (χ1) is 12.7. The molecule has 2 saturated heterocycles. The highest BCUT2D eigenvalue weighted by atomic mass is 16.5. The van der Waals surface area contributed by atoms with Gasteiger partial charge in [-0.25, -0.2) is 20.0 Å². The molecule has 2 fully saturated rings. The number of benzene rings is 1. The quantitative estimate of drug-likeness (QED) is 0.776. The normalized spacial score (nSPS) is 21.5. The fourth-order valence-electron chi connectivity index (χ4n) is 3.88. The average molecular weight is 350 g/mol. The second-order valence-corrected chi connectivity index (χ2v) is 6.60. The summed E-state index contributed by atoms with van der Waals surface area (Å²) in [6, 6.07) is 5.82. The van der Waals surface area contributed by atoms with Gasteiger partial charge in [0.1, 0.15) is 23.4 Å². The lowest BCUT2D eigenvalue weighted by molar-refractivity contribution is 0.0334. The Morgan fingerprint density at radius 3 is 2.85 bits per heavy atom. The topological polar surface area (TPSA) is 87.2 Å². The van der Waals surface area contributed by atoms with Crippen molar-refractivity contribution in [3.05, 3.63) is 36.3 Å². The van der Waals surface area contributed by atoms with E-state index in [0.717, 1.165) is 37.0 Å². The summed E-state index contributed by atoms with van der Waals surface area (Å²) >= 11 is 0. The van der Waals surface area contributed by atoms with Gasteiger partial charge in [-0.05, 0) is 31.0 Å². The predicted octanol–water partition coefficient (Wildman–Crippen LogP) is 1.86. The van der Waals surface area contributed by atoms with Crippen LogP contribution in [0.25, 0.3) is 22.6 Å². The molecule has 1 N–H and O–H groups in total. The van der Waals surface area contributed by atoms with E-state index in [9.17, 15) is 4.79 Å². The summed E-state index contributed by atoms with van der Waals surface area (Å²) in [4.78, 5) is 28.8. The number of methoxy groups -OCH3 is 1. The number of H-pyrrole nitrogens is 1. The Morgan fingerprint density at radius 1 is 1.31 bits per heavy atom. The van der Waals surface area contributed by atoms with Crippen LogP contribution in [0.3, 0.4) is 0 Å². The van der Waals surface area contributed by atoms with Crippen LogP contribution in [0.5, 0.6) is 5.75 Å². The van der Waals surface area contributed by atoms with Gasteiger partial charge < -0.3 is 9.72 Å². The van der Waals surface area contributed by atoms with Gasteiger partial charge in [0, 0.05) is 18.7 Å². The molecule has 2 aliphatic heterocycles. The van der Waals surface area contributed by atoms with Crippen molar-refractivity contribution in [2.24, 2.45) is 0 Å². The number of piperidine rings is 1. The highest BCUT2D eigenvalue weighted by Crippen LogP contribution is 2.33. The fourth-order valence-corrected chi connectivity index (χ4v) is 3.88. The Labute approximate surface area is 149 Å². The van der Waals surface area contributed by atoms with E-state index in [2.05, 4.69) is 24.9 Å². The van der Waals surface area contributed by atoms with E-state index in [-0.39, 0.29) is 5.91 Å². The molecule has 0 saturated carbocycles. The lowest BCUT2D eigenvalue weighted by Gasteiger charge is -2.24. The Morgan fingerprint density at radius 2 is 2.15 bits per heavy atom. The Bertz CT molecular complexity index is 947. The molecular weight excluding hydrogens is 332 g/mol. The number of aromatic nitrogens is 4. The number of fused-ring (bicyclic) bond motifs is 3. The number of aromatic amines is 1. The third-order valence-electron chi connectivity index (χ3n) is 5.17. The van der Waals surface area contributed by atoms with Crippen LogP contribution in [0.2, 0.25) is 0 Å². The van der Waals surface area contributed by atoms with Crippen LogP contribution < -0.4 is 4.74 Å². The van der Waals surface area contributed by atoms with Gasteiger partial charge in [-0.2, -0.15) is 0 Å². The highest BCUT2D eigenvalue weighted by Gasteiger charge is 2.41. The van der Waals surface area contributed by atoms with Gasteiger partial charge in [-0.15, -0.1) is 0 Å². The first-order valence-electron chi connectivity index (χ1n) is 8.67. The maximum Gasteiger partial charge on any atom is 0.268 e. The molecule has 0 atom stereocenters. The summed E-state index contributed by atoms with van der Waals surface area (Å²) in [5.74, 6) is 1.27. The van der Waals surface area contributed by atoms with Crippen molar-refractivity contribution in [3.8, 4) is 17.1 Å². The molecule has 0 spiro atoms. The molecule has 4 heterocycles. The van der Waals surface area contributed by atoms with E-state index in [1.807, 2.05) is 17.1 Å². The van der Waals surface area contributed by atoms with Crippen molar-refractivity contribution < 1.29 is 9.53 Å². The maximum absolute atomic E-state index is 13.0. The molecule has 2 bridgehead atoms. The van der Waals surface area contributed by atoms with Crippen LogP contribution >= 0.6 is 0 Å². The van der Waals surface area contributed by atoms with Gasteiger partial charge in [-0.1, -0.05) is 0 Å². The van der Waals surface area contributed by atoms with E-state index in [0.29, 0.717) is 28.8 Å². The smallest absolute Gasteiger partial charge is 0.268 e. The molecule has 3 aromatic rings. The fraction of sp³-hybridized carbons (Fsp3) is 0.333. The number of imidazole rings is 1. The zero-order valence-corrected chi connectivity index (χ0v) is 14.3. The van der Waals surface area contributed by atoms with Crippen molar-refractivity contribution in [1.29, 1.82) is 0 Å². The maximum atomic E-state index is 13.0. The second kappa shape index (κ2) is 5.77. The Hall–Kier alpha value is -3.00. The minimum Gasteiger partial charge on any atom is -0.496 e. The van der Waals surface area contributed by atoms with E-state index in [1.165, 1.54) is 6.33 Å². The van der Waals surface area contributed by atoms with Crippen LogP contribution in [0.4, 0.5) is 0 Å². The number of hydrogen-bond donors (Lipinski definition) is 1. The number of nitrogens with one attached hydrogen (secondary N) is 1. The summed E-state index contributed by atoms with van der Waals surface area (Å²) < 4.78 is 5.54. The van der Waals surface area contributed by atoms with Gasteiger partial charge >= 0.3 is 0 Å². The van der Waals surface area contributed by atoms with E-state index in [1.54, 1.807) is 19.4 Å². The zero-order chi connectivity index (χ0) is 17.7. The molecule has 1 aromatic carbocycles. The largest absolute Gasteiger partial charge is 0.496 e. The number of carbonyl (C=O) groups excluding carboxylic acids is 1. The van der Waals surface area contributed by atoms with Gasteiger partial charge in [-0.3, -0.25) is 9.80 Å². The van der Waals surface area contributed by atoms with Crippen molar-refractivity contribution >= 4 is 17.1 Å². The van der Waals surface area contributed by atoms with E-state index < -0.39 is 0 Å². The van der Waals surface area contributed by atoms with Crippen LogP contribution in [0, 0.1) is 0 Å². The Kier molecular flexibility index (Phi) is 3.39. The minimum atomic E-state index is 0.0327. The summed E-state index contributed by atoms with van der Waals surface area (Å²) in [6.45, 7) is 1.93. The number of hydrogen-bond acceptors (Lipinski definition) is 6. The van der Waals surface area contributed by atoms with E-state index in [4.69, 9.17) is 4.74 Å². The van der Waals surface area contributed by atoms with Crippen LogP contribution in [0.15, 0.2) is 30.7 Å². The lowest BCUT2D eigenvalue weighted by atomic mass is 10.1. The summed E-state index contributed by atoms with van der Waals surface area (Å²) in [5, 5.41) is 4.05. The lowest BCUT2D eigenvalue weighted by Crippen LogP contribution is -2.38. The van der Waals surface area contributed by atoms with E-state index >= 15 is 0 Å². The number of rotatable bonds is 3. The average Bonchev–Trinajstić information content (AvgIpc) is 3.40. The molecular formula is C18H18N6O2. The molecule has 0 aliphatic carbocycles. The molecule has 8 nitrogen and oxygen atoms in total. The van der Waals surface area contributed by atoms with Crippen LogP contribution in [-0.4, -0.2) is 62.1 Å². The van der Waals surface area contributed by atoms with Gasteiger partial charge in [0.2, 0.25) is 0 Å². The third-order valence-corrected chi connectivity index (χ3v) is 5.17. The first-order valence-corrected chi connectivity index (χ1v) is 8.67. The molecule has 2 aliphatic rings. The SMILES string of the molecule is COc1cc(C(=O)N2C3CCN2CC3)ccc1-c1nc2ncncc2[nH]1. The molecule has 26 heavy (non-hydrogen) atoms. The highest BCUT2D eigenvalue weighted by molar-refractivity contribution is 5.95. The number of nitrogens with zero attached hydrogens (tertiary/aromatic N) is 5.